The van der Waals surface area contributed by atoms with Crippen molar-refractivity contribution in [2.45, 2.75) is 12.6 Å². The van der Waals surface area contributed by atoms with E-state index in [9.17, 15) is 13.2 Å². The zero-order valence-corrected chi connectivity index (χ0v) is 10.8. The van der Waals surface area contributed by atoms with E-state index >= 15 is 0 Å². The summed E-state index contributed by atoms with van der Waals surface area (Å²) in [7, 11) is 0. The van der Waals surface area contributed by atoms with Gasteiger partial charge < -0.3 is 11.1 Å². The van der Waals surface area contributed by atoms with Gasteiger partial charge >= 0.3 is 6.18 Å². The molecule has 0 amide bonds. The fourth-order valence-corrected chi connectivity index (χ4v) is 2.43. The second-order valence-electron chi connectivity index (χ2n) is 4.11. The van der Waals surface area contributed by atoms with E-state index in [0.29, 0.717) is 13.0 Å². The summed E-state index contributed by atoms with van der Waals surface area (Å²) >= 11 is 1.57. The predicted octanol–water partition coefficient (Wildman–Crippen LogP) is 4.00. The summed E-state index contributed by atoms with van der Waals surface area (Å²) in [5.74, 6) is 0. The number of hydrogen-bond donors (Lipinski definition) is 2. The molecule has 6 heteroatoms. The molecule has 1 heterocycles. The van der Waals surface area contributed by atoms with Gasteiger partial charge in [0.25, 0.3) is 0 Å². The molecule has 3 N–H and O–H groups in total. The molecule has 0 fully saturated rings. The number of rotatable bonds is 4. The largest absolute Gasteiger partial charge is 0.418 e. The first-order chi connectivity index (χ1) is 8.97. The molecule has 0 saturated carbocycles. The summed E-state index contributed by atoms with van der Waals surface area (Å²) in [6.07, 6.45) is -3.72. The molecule has 0 saturated heterocycles. The van der Waals surface area contributed by atoms with Gasteiger partial charge in [-0.1, -0.05) is 0 Å². The van der Waals surface area contributed by atoms with Crippen LogP contribution in [0, 0.1) is 0 Å². The smallest absolute Gasteiger partial charge is 0.399 e. The number of benzene rings is 1. The predicted molar refractivity (Wildman–Crippen MR) is 72.4 cm³/mol. The molecule has 0 atom stereocenters. The highest BCUT2D eigenvalue weighted by Crippen LogP contribution is 2.36. The summed E-state index contributed by atoms with van der Waals surface area (Å²) in [5.41, 5.74) is 5.97. The number of nitrogens with one attached hydrogen (secondary N) is 1. The van der Waals surface area contributed by atoms with E-state index in [2.05, 4.69) is 5.32 Å². The molecule has 1 aromatic carbocycles. The second-order valence-corrected chi connectivity index (χ2v) is 4.89. The number of nitrogen functional groups attached to an aromatic ring is 1. The molecule has 0 bridgehead atoms. The summed E-state index contributed by atoms with van der Waals surface area (Å²) in [6.45, 7) is 0.448. The minimum Gasteiger partial charge on any atom is -0.399 e. The van der Waals surface area contributed by atoms with Crippen LogP contribution in [0.15, 0.2) is 35.0 Å². The number of thiophene rings is 1. The minimum absolute atomic E-state index is 0.0666. The standard InChI is InChI=1S/C13H13F3N2S/c14-13(15,16)11-7-10(17)1-2-12(11)18-5-3-9-4-6-19-8-9/h1-2,4,6-8,18H,3,5,17H2. The van der Waals surface area contributed by atoms with Gasteiger partial charge in [-0.25, -0.2) is 0 Å². The first-order valence-electron chi connectivity index (χ1n) is 5.68. The highest BCUT2D eigenvalue weighted by atomic mass is 32.1. The topological polar surface area (TPSA) is 38.0 Å². The summed E-state index contributed by atoms with van der Waals surface area (Å²) in [6, 6.07) is 5.74. The number of hydrogen-bond acceptors (Lipinski definition) is 3. The Bertz CT molecular complexity index is 535. The van der Waals surface area contributed by atoms with Crippen molar-refractivity contribution in [3.63, 3.8) is 0 Å². The van der Waals surface area contributed by atoms with Gasteiger partial charge in [-0.15, -0.1) is 0 Å². The van der Waals surface area contributed by atoms with Crippen LogP contribution in [-0.2, 0) is 12.6 Å². The molecule has 2 nitrogen and oxygen atoms in total. The maximum absolute atomic E-state index is 12.8. The van der Waals surface area contributed by atoms with Gasteiger partial charge in [0.15, 0.2) is 0 Å². The Morgan fingerprint density at radius 2 is 2.00 bits per heavy atom. The molecule has 19 heavy (non-hydrogen) atoms. The van der Waals surface area contributed by atoms with Gasteiger partial charge in [0.05, 0.1) is 5.56 Å². The number of nitrogens with two attached hydrogens (primary N) is 1. The Morgan fingerprint density at radius 3 is 2.63 bits per heavy atom. The Morgan fingerprint density at radius 1 is 1.21 bits per heavy atom. The quantitative estimate of drug-likeness (QED) is 0.834. The van der Waals surface area contributed by atoms with Crippen molar-refractivity contribution in [1.29, 1.82) is 0 Å². The number of halogens is 3. The van der Waals surface area contributed by atoms with Crippen molar-refractivity contribution in [1.82, 2.24) is 0 Å². The van der Waals surface area contributed by atoms with Gasteiger partial charge in [0, 0.05) is 17.9 Å². The van der Waals surface area contributed by atoms with Crippen molar-refractivity contribution in [3.8, 4) is 0 Å². The Hall–Kier alpha value is -1.69. The lowest BCUT2D eigenvalue weighted by Gasteiger charge is -2.15. The molecule has 102 valence electrons. The lowest BCUT2D eigenvalue weighted by atomic mass is 10.1. The first-order valence-corrected chi connectivity index (χ1v) is 6.63. The molecule has 0 radical (unpaired) electrons. The molecule has 0 aliphatic carbocycles. The van der Waals surface area contributed by atoms with Gasteiger partial charge in [0.1, 0.15) is 0 Å². The van der Waals surface area contributed by atoms with E-state index in [1.165, 1.54) is 12.1 Å². The fraction of sp³-hybridized carbons (Fsp3) is 0.231. The molecule has 0 aliphatic rings. The average molecular weight is 286 g/mol. The molecule has 0 aliphatic heterocycles. The second kappa shape index (κ2) is 5.52. The maximum atomic E-state index is 12.8. The van der Waals surface area contributed by atoms with Crippen molar-refractivity contribution < 1.29 is 13.2 Å². The van der Waals surface area contributed by atoms with Gasteiger partial charge in [-0.05, 0) is 47.0 Å². The van der Waals surface area contributed by atoms with Crippen LogP contribution >= 0.6 is 11.3 Å². The normalized spacial score (nSPS) is 11.5. The molecular formula is C13H13F3N2S. The highest BCUT2D eigenvalue weighted by molar-refractivity contribution is 7.07. The Balaban J connectivity index is 2.07. The summed E-state index contributed by atoms with van der Waals surface area (Å²) in [5, 5.41) is 6.74. The van der Waals surface area contributed by atoms with Crippen molar-refractivity contribution in [2.24, 2.45) is 0 Å². The molecular weight excluding hydrogens is 273 g/mol. The molecule has 2 aromatic rings. The molecule has 0 spiro atoms. The third-order valence-corrected chi connectivity index (χ3v) is 3.39. The van der Waals surface area contributed by atoms with Crippen molar-refractivity contribution >= 4 is 22.7 Å². The Labute approximate surface area is 113 Å². The van der Waals surface area contributed by atoms with E-state index in [4.69, 9.17) is 5.73 Å². The number of alkyl halides is 3. The van der Waals surface area contributed by atoms with Crippen LogP contribution in [0.4, 0.5) is 24.5 Å². The van der Waals surface area contributed by atoms with Crippen LogP contribution in [0.1, 0.15) is 11.1 Å². The third kappa shape index (κ3) is 3.64. The Kier molecular flexibility index (Phi) is 3.99. The average Bonchev–Trinajstić information content (AvgIpc) is 2.83. The van der Waals surface area contributed by atoms with Gasteiger partial charge in [-0.3, -0.25) is 0 Å². The zero-order valence-electron chi connectivity index (χ0n) is 10.00. The van der Waals surface area contributed by atoms with E-state index in [1.807, 2.05) is 16.8 Å². The van der Waals surface area contributed by atoms with Crippen molar-refractivity contribution in [3.05, 3.63) is 46.2 Å². The van der Waals surface area contributed by atoms with Crippen LogP contribution in [0.25, 0.3) is 0 Å². The minimum atomic E-state index is -4.40. The third-order valence-electron chi connectivity index (χ3n) is 2.66. The first kappa shape index (κ1) is 13.7. The maximum Gasteiger partial charge on any atom is 0.418 e. The SMILES string of the molecule is Nc1ccc(NCCc2ccsc2)c(C(F)(F)F)c1. The molecule has 2 rings (SSSR count). The van der Waals surface area contributed by atoms with E-state index in [-0.39, 0.29) is 11.4 Å². The van der Waals surface area contributed by atoms with Crippen LogP contribution in [0.5, 0.6) is 0 Å². The van der Waals surface area contributed by atoms with Crippen LogP contribution in [0.2, 0.25) is 0 Å². The highest BCUT2D eigenvalue weighted by Gasteiger charge is 2.33. The molecule has 0 unspecified atom stereocenters. The summed E-state index contributed by atoms with van der Waals surface area (Å²) < 4.78 is 38.5. The summed E-state index contributed by atoms with van der Waals surface area (Å²) in [4.78, 5) is 0. The van der Waals surface area contributed by atoms with E-state index in [1.54, 1.807) is 11.3 Å². The van der Waals surface area contributed by atoms with Crippen LogP contribution in [-0.4, -0.2) is 6.54 Å². The molecule has 1 aromatic heterocycles. The monoisotopic (exact) mass is 286 g/mol. The lowest BCUT2D eigenvalue weighted by molar-refractivity contribution is -0.136. The van der Waals surface area contributed by atoms with E-state index in [0.717, 1.165) is 11.6 Å². The van der Waals surface area contributed by atoms with Gasteiger partial charge in [-0.2, -0.15) is 24.5 Å². The number of anilines is 2. The fourth-order valence-electron chi connectivity index (χ4n) is 1.73. The van der Waals surface area contributed by atoms with Gasteiger partial charge in [0.2, 0.25) is 0 Å². The zero-order chi connectivity index (χ0) is 13.9. The van der Waals surface area contributed by atoms with Crippen LogP contribution < -0.4 is 11.1 Å². The van der Waals surface area contributed by atoms with Crippen LogP contribution in [0.3, 0.4) is 0 Å². The van der Waals surface area contributed by atoms with E-state index < -0.39 is 11.7 Å². The lowest BCUT2D eigenvalue weighted by Crippen LogP contribution is -2.13. The van der Waals surface area contributed by atoms with Crippen molar-refractivity contribution in [2.75, 3.05) is 17.6 Å².